The summed E-state index contributed by atoms with van der Waals surface area (Å²) in [6.45, 7) is 4.85. The lowest BCUT2D eigenvalue weighted by Gasteiger charge is -2.04. The third-order valence-electron chi connectivity index (χ3n) is 3.61. The van der Waals surface area contributed by atoms with E-state index in [9.17, 15) is 0 Å². The fraction of sp³-hybridized carbons (Fsp3) is 0.167. The Morgan fingerprint density at radius 3 is 2.10 bits per heavy atom. The second-order valence-corrected chi connectivity index (χ2v) is 5.46. The standard InChI is InChI=1S/C18H19N3/c1-13-3-7-15(8-4-13)12-21-18(19)11-17(20-21)16-9-5-14(2)6-10-16/h3-11H,12,19H2,1-2H3. The molecule has 3 aromatic rings. The summed E-state index contributed by atoms with van der Waals surface area (Å²) >= 11 is 0. The minimum absolute atomic E-state index is 0.686. The van der Waals surface area contributed by atoms with Crippen LogP contribution in [0.5, 0.6) is 0 Å². The number of hydrogen-bond donors (Lipinski definition) is 1. The van der Waals surface area contributed by atoms with Crippen molar-refractivity contribution in [2.24, 2.45) is 0 Å². The van der Waals surface area contributed by atoms with Crippen molar-refractivity contribution in [2.75, 3.05) is 5.73 Å². The molecule has 0 fully saturated rings. The highest BCUT2D eigenvalue weighted by Crippen LogP contribution is 2.21. The molecule has 1 aromatic heterocycles. The van der Waals surface area contributed by atoms with E-state index in [1.54, 1.807) is 0 Å². The second-order valence-electron chi connectivity index (χ2n) is 5.46. The number of nitrogens with two attached hydrogens (primary N) is 1. The molecule has 3 heteroatoms. The normalized spacial score (nSPS) is 10.8. The molecule has 0 aliphatic carbocycles. The number of anilines is 1. The summed E-state index contributed by atoms with van der Waals surface area (Å²) in [6, 6.07) is 18.7. The Labute approximate surface area is 125 Å². The molecule has 106 valence electrons. The Balaban J connectivity index is 1.87. The summed E-state index contributed by atoms with van der Waals surface area (Å²) in [5.74, 6) is 0.686. The van der Waals surface area contributed by atoms with Gasteiger partial charge < -0.3 is 5.73 Å². The van der Waals surface area contributed by atoms with Crippen LogP contribution < -0.4 is 5.73 Å². The van der Waals surface area contributed by atoms with Crippen molar-refractivity contribution in [2.45, 2.75) is 20.4 Å². The summed E-state index contributed by atoms with van der Waals surface area (Å²) in [6.07, 6.45) is 0. The van der Waals surface area contributed by atoms with E-state index in [0.717, 1.165) is 11.3 Å². The van der Waals surface area contributed by atoms with Gasteiger partial charge in [-0.05, 0) is 19.4 Å². The molecule has 0 amide bonds. The molecule has 1 heterocycles. The van der Waals surface area contributed by atoms with E-state index in [2.05, 4.69) is 67.5 Å². The van der Waals surface area contributed by atoms with E-state index < -0.39 is 0 Å². The van der Waals surface area contributed by atoms with Crippen LogP contribution in [0.1, 0.15) is 16.7 Å². The fourth-order valence-electron chi connectivity index (χ4n) is 2.29. The SMILES string of the molecule is Cc1ccc(Cn2nc(-c3ccc(C)cc3)cc2N)cc1. The molecule has 0 radical (unpaired) electrons. The van der Waals surface area contributed by atoms with E-state index in [0.29, 0.717) is 12.4 Å². The largest absolute Gasteiger partial charge is 0.384 e. The van der Waals surface area contributed by atoms with Gasteiger partial charge in [-0.3, -0.25) is 0 Å². The van der Waals surface area contributed by atoms with Crippen LogP contribution in [0.4, 0.5) is 5.82 Å². The van der Waals surface area contributed by atoms with Crippen LogP contribution in [-0.2, 0) is 6.54 Å². The van der Waals surface area contributed by atoms with Gasteiger partial charge in [0.1, 0.15) is 5.82 Å². The highest BCUT2D eigenvalue weighted by atomic mass is 15.3. The smallest absolute Gasteiger partial charge is 0.122 e. The fourth-order valence-corrected chi connectivity index (χ4v) is 2.29. The van der Waals surface area contributed by atoms with Gasteiger partial charge in [0.2, 0.25) is 0 Å². The van der Waals surface area contributed by atoms with Crippen LogP contribution in [0.25, 0.3) is 11.3 Å². The second kappa shape index (κ2) is 5.44. The molecule has 21 heavy (non-hydrogen) atoms. The molecule has 2 N–H and O–H groups in total. The molecule has 3 rings (SSSR count). The average Bonchev–Trinajstić information content (AvgIpc) is 2.83. The van der Waals surface area contributed by atoms with Crippen LogP contribution >= 0.6 is 0 Å². The third kappa shape index (κ3) is 2.97. The molecule has 0 aliphatic rings. The van der Waals surface area contributed by atoms with Gasteiger partial charge in [-0.2, -0.15) is 5.10 Å². The maximum atomic E-state index is 6.09. The molecule has 0 aliphatic heterocycles. The summed E-state index contributed by atoms with van der Waals surface area (Å²) in [5.41, 5.74) is 11.8. The van der Waals surface area contributed by atoms with Gasteiger partial charge in [-0.25, -0.2) is 4.68 Å². The highest BCUT2D eigenvalue weighted by Gasteiger charge is 2.07. The van der Waals surface area contributed by atoms with E-state index in [-0.39, 0.29) is 0 Å². The lowest BCUT2D eigenvalue weighted by Crippen LogP contribution is -2.05. The number of rotatable bonds is 3. The molecule has 0 saturated carbocycles. The van der Waals surface area contributed by atoms with Gasteiger partial charge in [0.25, 0.3) is 0 Å². The van der Waals surface area contributed by atoms with Gasteiger partial charge in [0, 0.05) is 11.6 Å². The predicted octanol–water partition coefficient (Wildman–Crippen LogP) is 3.80. The predicted molar refractivity (Wildman–Crippen MR) is 87.1 cm³/mol. The molecular formula is C18H19N3. The zero-order chi connectivity index (χ0) is 14.8. The topological polar surface area (TPSA) is 43.8 Å². The first-order valence-corrected chi connectivity index (χ1v) is 7.08. The van der Waals surface area contributed by atoms with Crippen LogP contribution in [0.15, 0.2) is 54.6 Å². The number of aromatic nitrogens is 2. The van der Waals surface area contributed by atoms with Crippen molar-refractivity contribution < 1.29 is 0 Å². The van der Waals surface area contributed by atoms with E-state index in [4.69, 9.17) is 5.73 Å². The Kier molecular flexibility index (Phi) is 3.48. The van der Waals surface area contributed by atoms with Crippen molar-refractivity contribution >= 4 is 5.82 Å². The van der Waals surface area contributed by atoms with Gasteiger partial charge in [0.15, 0.2) is 0 Å². The third-order valence-corrected chi connectivity index (χ3v) is 3.61. The van der Waals surface area contributed by atoms with Crippen molar-refractivity contribution in [1.82, 2.24) is 9.78 Å². The van der Waals surface area contributed by atoms with E-state index >= 15 is 0 Å². The molecule has 2 aromatic carbocycles. The summed E-state index contributed by atoms with van der Waals surface area (Å²) in [7, 11) is 0. The molecule has 0 atom stereocenters. The van der Waals surface area contributed by atoms with Gasteiger partial charge in [0.05, 0.1) is 12.2 Å². The summed E-state index contributed by atoms with van der Waals surface area (Å²) < 4.78 is 1.85. The summed E-state index contributed by atoms with van der Waals surface area (Å²) in [4.78, 5) is 0. The Bertz CT molecular complexity index is 737. The van der Waals surface area contributed by atoms with Gasteiger partial charge in [-0.15, -0.1) is 0 Å². The maximum absolute atomic E-state index is 6.09. The maximum Gasteiger partial charge on any atom is 0.122 e. The first-order chi connectivity index (χ1) is 10.1. The Morgan fingerprint density at radius 2 is 1.48 bits per heavy atom. The number of benzene rings is 2. The molecule has 3 nitrogen and oxygen atoms in total. The van der Waals surface area contributed by atoms with Gasteiger partial charge in [-0.1, -0.05) is 59.7 Å². The molecule has 0 spiro atoms. The molecule has 0 saturated heterocycles. The zero-order valence-electron chi connectivity index (χ0n) is 12.4. The summed E-state index contributed by atoms with van der Waals surface area (Å²) in [5, 5.41) is 4.62. The Hall–Kier alpha value is -2.55. The molecule has 0 unspecified atom stereocenters. The first-order valence-electron chi connectivity index (χ1n) is 7.08. The van der Waals surface area contributed by atoms with Crippen molar-refractivity contribution in [3.63, 3.8) is 0 Å². The van der Waals surface area contributed by atoms with Crippen LogP contribution in [0, 0.1) is 13.8 Å². The highest BCUT2D eigenvalue weighted by molar-refractivity contribution is 5.62. The van der Waals surface area contributed by atoms with Crippen LogP contribution in [-0.4, -0.2) is 9.78 Å². The number of nitrogens with zero attached hydrogens (tertiary/aromatic N) is 2. The van der Waals surface area contributed by atoms with E-state index in [1.165, 1.54) is 16.7 Å². The van der Waals surface area contributed by atoms with E-state index in [1.807, 2.05) is 10.7 Å². The monoisotopic (exact) mass is 277 g/mol. The molecular weight excluding hydrogens is 258 g/mol. The first kappa shape index (κ1) is 13.4. The van der Waals surface area contributed by atoms with Gasteiger partial charge >= 0.3 is 0 Å². The quantitative estimate of drug-likeness (QED) is 0.791. The zero-order valence-corrected chi connectivity index (χ0v) is 12.4. The van der Waals surface area contributed by atoms with Crippen LogP contribution in [0.2, 0.25) is 0 Å². The molecule has 0 bridgehead atoms. The minimum atomic E-state index is 0.686. The number of aryl methyl sites for hydroxylation is 2. The number of hydrogen-bond acceptors (Lipinski definition) is 2. The number of nitrogen functional groups attached to an aromatic ring is 1. The lowest BCUT2D eigenvalue weighted by molar-refractivity contribution is 0.699. The van der Waals surface area contributed by atoms with Crippen molar-refractivity contribution in [3.05, 3.63) is 71.3 Å². The lowest BCUT2D eigenvalue weighted by atomic mass is 10.1. The van der Waals surface area contributed by atoms with Crippen molar-refractivity contribution in [3.8, 4) is 11.3 Å². The average molecular weight is 277 g/mol. The van der Waals surface area contributed by atoms with Crippen molar-refractivity contribution in [1.29, 1.82) is 0 Å². The van der Waals surface area contributed by atoms with Crippen LogP contribution in [0.3, 0.4) is 0 Å². The minimum Gasteiger partial charge on any atom is -0.384 e. The Morgan fingerprint density at radius 1 is 0.905 bits per heavy atom.